The molecule has 0 bridgehead atoms. The summed E-state index contributed by atoms with van der Waals surface area (Å²) in [5.74, 6) is -0.177. The van der Waals surface area contributed by atoms with E-state index >= 15 is 0 Å². The quantitative estimate of drug-likeness (QED) is 0.473. The van der Waals surface area contributed by atoms with Gasteiger partial charge in [-0.05, 0) is 56.2 Å². The first-order valence-corrected chi connectivity index (χ1v) is 9.40. The number of aryl methyl sites for hydroxylation is 2. The summed E-state index contributed by atoms with van der Waals surface area (Å²) in [6.45, 7) is 5.93. The Morgan fingerprint density at radius 1 is 1.07 bits per heavy atom. The fraction of sp³-hybridized carbons (Fsp3) is 0.182. The van der Waals surface area contributed by atoms with Crippen molar-refractivity contribution in [2.75, 3.05) is 10.6 Å². The van der Waals surface area contributed by atoms with Gasteiger partial charge < -0.3 is 10.6 Å². The normalized spacial score (nSPS) is 12.0. The van der Waals surface area contributed by atoms with Gasteiger partial charge >= 0.3 is 0 Å². The zero-order valence-corrected chi connectivity index (χ0v) is 16.5. The Balaban J connectivity index is 1.49. The van der Waals surface area contributed by atoms with E-state index in [4.69, 9.17) is 0 Å². The number of nitrogens with one attached hydrogen (secondary N) is 3. The number of carbonyl (C=O) groups excluding carboxylic acids is 1. The number of fused-ring (bicyclic) bond motifs is 1. The highest BCUT2D eigenvalue weighted by molar-refractivity contribution is 6.04. The van der Waals surface area contributed by atoms with E-state index in [9.17, 15) is 4.79 Å². The molecule has 3 N–H and O–H groups in total. The van der Waals surface area contributed by atoms with Gasteiger partial charge in [0.2, 0.25) is 0 Å². The second-order valence-corrected chi connectivity index (χ2v) is 7.13. The van der Waals surface area contributed by atoms with Crippen LogP contribution in [0.25, 0.3) is 11.0 Å². The van der Waals surface area contributed by atoms with Crippen LogP contribution in [0.15, 0.2) is 55.0 Å². The molecule has 0 unspecified atom stereocenters. The molecule has 4 rings (SSSR count). The van der Waals surface area contributed by atoms with Crippen molar-refractivity contribution in [3.63, 3.8) is 0 Å². The molecule has 3 heterocycles. The van der Waals surface area contributed by atoms with Gasteiger partial charge in [-0.1, -0.05) is 12.1 Å². The average molecular weight is 386 g/mol. The summed E-state index contributed by atoms with van der Waals surface area (Å²) < 4.78 is 0. The molecule has 7 heteroatoms. The second kappa shape index (κ2) is 7.71. The van der Waals surface area contributed by atoms with Crippen molar-refractivity contribution >= 4 is 28.3 Å². The molecule has 29 heavy (non-hydrogen) atoms. The third-order valence-electron chi connectivity index (χ3n) is 4.77. The van der Waals surface area contributed by atoms with Crippen LogP contribution in [0.4, 0.5) is 11.4 Å². The van der Waals surface area contributed by atoms with Crippen LogP contribution in [0.1, 0.15) is 40.1 Å². The van der Waals surface area contributed by atoms with Gasteiger partial charge in [-0.15, -0.1) is 0 Å². The van der Waals surface area contributed by atoms with E-state index < -0.39 is 0 Å². The van der Waals surface area contributed by atoms with E-state index in [1.807, 2.05) is 50.2 Å². The number of hydrogen-bond acceptors (Lipinski definition) is 5. The van der Waals surface area contributed by atoms with Crippen molar-refractivity contribution in [2.24, 2.45) is 0 Å². The lowest BCUT2D eigenvalue weighted by Gasteiger charge is -2.17. The summed E-state index contributed by atoms with van der Waals surface area (Å²) in [6, 6.07) is 11.7. The van der Waals surface area contributed by atoms with Crippen LogP contribution < -0.4 is 10.6 Å². The number of hydrogen-bond donors (Lipinski definition) is 3. The minimum Gasteiger partial charge on any atom is -0.377 e. The topological polar surface area (TPSA) is 95.6 Å². The van der Waals surface area contributed by atoms with Crippen LogP contribution in [-0.4, -0.2) is 26.1 Å². The molecule has 4 aromatic rings. The fourth-order valence-corrected chi connectivity index (χ4v) is 3.21. The van der Waals surface area contributed by atoms with Crippen LogP contribution >= 0.6 is 0 Å². The SMILES string of the molecule is Cc1cncc(C(=O)Nc2cccc([C@H](C)Nc3cnc4[nH]nc(C)c4c3)c2)c1. The van der Waals surface area contributed by atoms with Gasteiger partial charge in [0, 0.05) is 29.5 Å². The lowest BCUT2D eigenvalue weighted by molar-refractivity contribution is 0.102. The van der Waals surface area contributed by atoms with Crippen molar-refractivity contribution in [1.29, 1.82) is 0 Å². The zero-order valence-electron chi connectivity index (χ0n) is 16.5. The molecule has 0 saturated carbocycles. The molecule has 1 aromatic carbocycles. The predicted molar refractivity (Wildman–Crippen MR) is 114 cm³/mol. The molecule has 0 aliphatic heterocycles. The van der Waals surface area contributed by atoms with E-state index in [2.05, 4.69) is 37.7 Å². The van der Waals surface area contributed by atoms with E-state index in [1.165, 1.54) is 0 Å². The van der Waals surface area contributed by atoms with Gasteiger partial charge in [0.1, 0.15) is 0 Å². The molecule has 0 aliphatic carbocycles. The average Bonchev–Trinajstić information content (AvgIpc) is 3.08. The number of anilines is 2. The van der Waals surface area contributed by atoms with Gasteiger partial charge in [-0.2, -0.15) is 5.10 Å². The van der Waals surface area contributed by atoms with Gasteiger partial charge in [-0.3, -0.25) is 14.9 Å². The van der Waals surface area contributed by atoms with Crippen LogP contribution in [0, 0.1) is 13.8 Å². The van der Waals surface area contributed by atoms with Gasteiger partial charge in [-0.25, -0.2) is 4.98 Å². The standard InChI is InChI=1S/C22H22N6O/c1-13-7-17(11-23-10-13)22(29)26-18-6-4-5-16(8-18)14(2)25-19-9-20-15(3)27-28-21(20)24-12-19/h4-12,14,25H,1-3H3,(H,26,29)(H,24,27,28)/t14-/m0/s1. The molecule has 0 aliphatic rings. The highest BCUT2D eigenvalue weighted by atomic mass is 16.1. The number of aromatic amines is 1. The Hall–Kier alpha value is -3.74. The predicted octanol–water partition coefficient (Wildman–Crippen LogP) is 4.40. The van der Waals surface area contributed by atoms with Crippen molar-refractivity contribution in [2.45, 2.75) is 26.8 Å². The maximum atomic E-state index is 12.5. The van der Waals surface area contributed by atoms with Crippen molar-refractivity contribution in [3.05, 3.63) is 77.4 Å². The maximum Gasteiger partial charge on any atom is 0.257 e. The summed E-state index contributed by atoms with van der Waals surface area (Å²) >= 11 is 0. The fourth-order valence-electron chi connectivity index (χ4n) is 3.21. The summed E-state index contributed by atoms with van der Waals surface area (Å²) in [4.78, 5) is 21.0. The molecule has 0 fully saturated rings. The van der Waals surface area contributed by atoms with Crippen LogP contribution in [-0.2, 0) is 0 Å². The van der Waals surface area contributed by atoms with E-state index in [-0.39, 0.29) is 11.9 Å². The monoisotopic (exact) mass is 386 g/mol. The lowest BCUT2D eigenvalue weighted by atomic mass is 10.1. The first kappa shape index (κ1) is 18.6. The largest absolute Gasteiger partial charge is 0.377 e. The molecule has 7 nitrogen and oxygen atoms in total. The lowest BCUT2D eigenvalue weighted by Crippen LogP contribution is -2.13. The van der Waals surface area contributed by atoms with Crippen LogP contribution in [0.2, 0.25) is 0 Å². The second-order valence-electron chi connectivity index (χ2n) is 7.13. The number of nitrogens with zero attached hydrogens (tertiary/aromatic N) is 3. The maximum absolute atomic E-state index is 12.5. The number of rotatable bonds is 5. The zero-order chi connectivity index (χ0) is 20.4. The molecule has 0 saturated heterocycles. The molecular weight excluding hydrogens is 364 g/mol. The molecule has 1 amide bonds. The number of amides is 1. The summed E-state index contributed by atoms with van der Waals surface area (Å²) in [7, 11) is 0. The minimum absolute atomic E-state index is 0.0268. The Labute approximate surface area is 168 Å². The smallest absolute Gasteiger partial charge is 0.257 e. The van der Waals surface area contributed by atoms with Crippen molar-refractivity contribution in [1.82, 2.24) is 20.2 Å². The summed E-state index contributed by atoms with van der Waals surface area (Å²) in [5, 5.41) is 14.5. The van der Waals surface area contributed by atoms with Crippen LogP contribution in [0.5, 0.6) is 0 Å². The summed E-state index contributed by atoms with van der Waals surface area (Å²) in [6.07, 6.45) is 5.08. The van der Waals surface area contributed by atoms with Crippen LogP contribution in [0.3, 0.4) is 0 Å². The molecular formula is C22H22N6O. The van der Waals surface area contributed by atoms with E-state index in [0.717, 1.165) is 39.2 Å². The summed E-state index contributed by atoms with van der Waals surface area (Å²) in [5.41, 5.74) is 5.88. The van der Waals surface area contributed by atoms with Gasteiger partial charge in [0.25, 0.3) is 5.91 Å². The number of pyridine rings is 2. The number of carbonyl (C=O) groups is 1. The van der Waals surface area contributed by atoms with E-state index in [0.29, 0.717) is 5.56 Å². The van der Waals surface area contributed by atoms with Gasteiger partial charge in [0.15, 0.2) is 5.65 Å². The minimum atomic E-state index is -0.177. The Morgan fingerprint density at radius 2 is 1.93 bits per heavy atom. The molecule has 3 aromatic heterocycles. The number of aromatic nitrogens is 4. The van der Waals surface area contributed by atoms with E-state index in [1.54, 1.807) is 18.6 Å². The molecule has 146 valence electrons. The highest BCUT2D eigenvalue weighted by Gasteiger charge is 2.11. The first-order chi connectivity index (χ1) is 14.0. The Morgan fingerprint density at radius 3 is 2.76 bits per heavy atom. The third-order valence-corrected chi connectivity index (χ3v) is 4.77. The molecule has 1 atom stereocenters. The molecule has 0 radical (unpaired) electrons. The number of H-pyrrole nitrogens is 1. The third kappa shape index (κ3) is 4.08. The van der Waals surface area contributed by atoms with Crippen molar-refractivity contribution < 1.29 is 4.79 Å². The first-order valence-electron chi connectivity index (χ1n) is 9.40. The number of benzene rings is 1. The Kier molecular flexibility index (Phi) is 4.95. The Bertz CT molecular complexity index is 1180. The molecule has 0 spiro atoms. The highest BCUT2D eigenvalue weighted by Crippen LogP contribution is 2.24. The van der Waals surface area contributed by atoms with Crippen molar-refractivity contribution in [3.8, 4) is 0 Å². The van der Waals surface area contributed by atoms with Gasteiger partial charge in [0.05, 0.1) is 23.1 Å².